The van der Waals surface area contributed by atoms with Gasteiger partial charge in [0, 0.05) is 0 Å². The third kappa shape index (κ3) is 2.90. The van der Waals surface area contributed by atoms with Crippen LogP contribution in [0.3, 0.4) is 0 Å². The number of hydrogen-bond acceptors (Lipinski definition) is 3. The van der Waals surface area contributed by atoms with Crippen LogP contribution in [0.2, 0.25) is 0 Å². The first-order valence-electron chi connectivity index (χ1n) is 4.34. The Morgan fingerprint density at radius 1 is 1.47 bits per heavy atom. The molecule has 0 amide bonds. The molecule has 1 atom stereocenters. The number of rotatable bonds is 4. The fourth-order valence-corrected chi connectivity index (χ4v) is 1.77. The summed E-state index contributed by atoms with van der Waals surface area (Å²) in [7, 11) is -3.73. The molecule has 0 bridgehead atoms. The van der Waals surface area contributed by atoms with Gasteiger partial charge in [0.15, 0.2) is 0 Å². The highest BCUT2D eigenvalue weighted by molar-refractivity contribution is 7.93. The minimum atomic E-state index is -3.73. The van der Waals surface area contributed by atoms with E-state index >= 15 is 0 Å². The lowest BCUT2D eigenvalue weighted by molar-refractivity contribution is 0.296. The first-order chi connectivity index (χ1) is 6.97. The summed E-state index contributed by atoms with van der Waals surface area (Å²) in [6, 6.07) is 5.45. The largest absolute Gasteiger partial charge is 0.395 e. The molecule has 1 aromatic rings. The molecule has 0 aliphatic rings. The van der Waals surface area contributed by atoms with Crippen molar-refractivity contribution in [1.82, 2.24) is 0 Å². The Morgan fingerprint density at radius 2 is 2.07 bits per heavy atom. The molecule has 0 aromatic heterocycles. The molecule has 0 spiro atoms. The predicted molar refractivity (Wildman–Crippen MR) is 55.5 cm³/mol. The molecule has 1 aromatic carbocycles. The van der Waals surface area contributed by atoms with E-state index in [1.54, 1.807) is 0 Å². The van der Waals surface area contributed by atoms with Crippen molar-refractivity contribution in [2.75, 3.05) is 11.3 Å². The molecule has 0 radical (unpaired) electrons. The van der Waals surface area contributed by atoms with E-state index < -0.39 is 27.7 Å². The molecule has 0 heterocycles. The van der Waals surface area contributed by atoms with E-state index in [0.717, 1.165) is 6.07 Å². The lowest BCUT2D eigenvalue weighted by atomic mass is 10.3. The van der Waals surface area contributed by atoms with Gasteiger partial charge in [-0.3, -0.25) is 4.72 Å². The number of anilines is 1. The van der Waals surface area contributed by atoms with E-state index in [9.17, 15) is 12.8 Å². The van der Waals surface area contributed by atoms with Crippen LogP contribution in [0.1, 0.15) is 6.92 Å². The van der Waals surface area contributed by atoms with Gasteiger partial charge in [0.25, 0.3) is 0 Å². The van der Waals surface area contributed by atoms with Gasteiger partial charge >= 0.3 is 0 Å². The van der Waals surface area contributed by atoms with Gasteiger partial charge in [0.2, 0.25) is 10.0 Å². The molecular weight excluding hydrogens is 221 g/mol. The van der Waals surface area contributed by atoms with Gasteiger partial charge in [-0.25, -0.2) is 12.8 Å². The highest BCUT2D eigenvalue weighted by atomic mass is 32.2. The van der Waals surface area contributed by atoms with Crippen molar-refractivity contribution in [3.05, 3.63) is 30.1 Å². The van der Waals surface area contributed by atoms with Crippen molar-refractivity contribution in [2.45, 2.75) is 12.2 Å². The fourth-order valence-electron chi connectivity index (χ4n) is 0.896. The second-order valence-electron chi connectivity index (χ2n) is 3.12. The van der Waals surface area contributed by atoms with Crippen molar-refractivity contribution in [3.8, 4) is 0 Å². The van der Waals surface area contributed by atoms with Gasteiger partial charge in [-0.2, -0.15) is 0 Å². The van der Waals surface area contributed by atoms with E-state index in [2.05, 4.69) is 4.72 Å². The Balaban J connectivity index is 2.92. The molecular formula is C9H12FNO3S. The summed E-state index contributed by atoms with van der Waals surface area (Å²) in [6.45, 7) is 0.826. The number of sulfonamides is 1. The number of para-hydroxylation sites is 1. The summed E-state index contributed by atoms with van der Waals surface area (Å²) in [5.41, 5.74) is -0.113. The van der Waals surface area contributed by atoms with Gasteiger partial charge in [0.05, 0.1) is 12.3 Å². The highest BCUT2D eigenvalue weighted by Gasteiger charge is 2.20. The summed E-state index contributed by atoms with van der Waals surface area (Å²) < 4.78 is 38.1. The SMILES string of the molecule is CC(CO)S(=O)(=O)Nc1ccccc1F. The minimum Gasteiger partial charge on any atom is -0.395 e. The van der Waals surface area contributed by atoms with E-state index in [1.165, 1.54) is 25.1 Å². The van der Waals surface area contributed by atoms with Gasteiger partial charge in [0.1, 0.15) is 11.1 Å². The summed E-state index contributed by atoms with van der Waals surface area (Å²) in [6.07, 6.45) is 0. The van der Waals surface area contributed by atoms with Crippen LogP contribution in [-0.4, -0.2) is 25.4 Å². The summed E-state index contributed by atoms with van der Waals surface area (Å²) in [4.78, 5) is 0. The number of halogens is 1. The zero-order chi connectivity index (χ0) is 11.5. The van der Waals surface area contributed by atoms with Gasteiger partial charge in [-0.15, -0.1) is 0 Å². The second kappa shape index (κ2) is 4.59. The predicted octanol–water partition coefficient (Wildman–Crippen LogP) is 0.948. The van der Waals surface area contributed by atoms with Gasteiger partial charge in [-0.1, -0.05) is 12.1 Å². The quantitative estimate of drug-likeness (QED) is 0.813. The molecule has 0 saturated heterocycles. The van der Waals surface area contributed by atoms with E-state index in [-0.39, 0.29) is 5.69 Å². The van der Waals surface area contributed by atoms with Crippen molar-refractivity contribution < 1.29 is 17.9 Å². The summed E-state index contributed by atoms with van der Waals surface area (Å²) in [5, 5.41) is 7.73. The number of benzene rings is 1. The van der Waals surface area contributed by atoms with Gasteiger partial charge in [-0.05, 0) is 19.1 Å². The molecule has 0 fully saturated rings. The molecule has 2 N–H and O–H groups in total. The Kier molecular flexibility index (Phi) is 3.65. The third-order valence-corrected chi connectivity index (χ3v) is 3.63. The zero-order valence-electron chi connectivity index (χ0n) is 8.14. The van der Waals surface area contributed by atoms with Crippen LogP contribution in [0.25, 0.3) is 0 Å². The average Bonchev–Trinajstić information content (AvgIpc) is 2.20. The summed E-state index contributed by atoms with van der Waals surface area (Å²) in [5.74, 6) is -0.647. The van der Waals surface area contributed by atoms with Crippen LogP contribution in [0, 0.1) is 5.82 Å². The smallest absolute Gasteiger partial charge is 0.237 e. The van der Waals surface area contributed by atoms with Crippen molar-refractivity contribution >= 4 is 15.7 Å². The standard InChI is InChI=1S/C9H12FNO3S/c1-7(6-12)15(13,14)11-9-5-3-2-4-8(9)10/h2-5,7,11-12H,6H2,1H3. The normalized spacial score (nSPS) is 13.5. The molecule has 0 saturated carbocycles. The van der Waals surface area contributed by atoms with E-state index in [0.29, 0.717) is 0 Å². The Hall–Kier alpha value is -1.14. The van der Waals surface area contributed by atoms with Crippen LogP contribution < -0.4 is 4.72 Å². The molecule has 6 heteroatoms. The molecule has 1 unspecified atom stereocenters. The van der Waals surface area contributed by atoms with Crippen molar-refractivity contribution in [1.29, 1.82) is 0 Å². The molecule has 4 nitrogen and oxygen atoms in total. The monoisotopic (exact) mass is 233 g/mol. The van der Waals surface area contributed by atoms with Crippen LogP contribution in [0.4, 0.5) is 10.1 Å². The van der Waals surface area contributed by atoms with Crippen LogP contribution >= 0.6 is 0 Å². The first-order valence-corrected chi connectivity index (χ1v) is 5.89. The van der Waals surface area contributed by atoms with Crippen LogP contribution in [-0.2, 0) is 10.0 Å². The Labute approximate surface area is 87.8 Å². The lowest BCUT2D eigenvalue weighted by Crippen LogP contribution is -2.28. The summed E-state index contributed by atoms with van der Waals surface area (Å²) >= 11 is 0. The van der Waals surface area contributed by atoms with Crippen molar-refractivity contribution in [2.24, 2.45) is 0 Å². The van der Waals surface area contributed by atoms with Crippen LogP contribution in [0.15, 0.2) is 24.3 Å². The maximum Gasteiger partial charge on any atom is 0.237 e. The molecule has 1 rings (SSSR count). The number of aliphatic hydroxyl groups excluding tert-OH is 1. The zero-order valence-corrected chi connectivity index (χ0v) is 8.96. The highest BCUT2D eigenvalue weighted by Crippen LogP contribution is 2.15. The Bertz CT molecular complexity index is 433. The maximum absolute atomic E-state index is 13.1. The molecule has 84 valence electrons. The van der Waals surface area contributed by atoms with E-state index in [4.69, 9.17) is 5.11 Å². The maximum atomic E-state index is 13.1. The fraction of sp³-hybridized carbons (Fsp3) is 0.333. The average molecular weight is 233 g/mol. The second-order valence-corrected chi connectivity index (χ2v) is 5.22. The Morgan fingerprint density at radius 3 is 2.60 bits per heavy atom. The van der Waals surface area contributed by atoms with E-state index in [1.807, 2.05) is 0 Å². The number of aliphatic hydroxyl groups is 1. The number of hydrogen-bond donors (Lipinski definition) is 2. The lowest BCUT2D eigenvalue weighted by Gasteiger charge is -2.12. The third-order valence-electron chi connectivity index (χ3n) is 1.91. The number of nitrogens with one attached hydrogen (secondary N) is 1. The van der Waals surface area contributed by atoms with Crippen molar-refractivity contribution in [3.63, 3.8) is 0 Å². The first kappa shape index (κ1) is 11.9. The topological polar surface area (TPSA) is 66.4 Å². The molecule has 15 heavy (non-hydrogen) atoms. The molecule has 0 aliphatic heterocycles. The minimum absolute atomic E-state index is 0.113. The van der Waals surface area contributed by atoms with Gasteiger partial charge < -0.3 is 5.11 Å². The molecule has 0 aliphatic carbocycles. The van der Waals surface area contributed by atoms with Crippen LogP contribution in [0.5, 0.6) is 0 Å².